The number of Topliss-reactive ketones (excluding diaryl/α,β-unsaturated/α-hetero) is 1. The van der Waals surface area contributed by atoms with Crippen molar-refractivity contribution in [1.82, 2.24) is 5.32 Å². The van der Waals surface area contributed by atoms with Gasteiger partial charge in [0.15, 0.2) is 29.1 Å². The maximum Gasteiger partial charge on any atom is 0.251 e. The molecule has 1 fully saturated rings. The molecule has 3 aromatic carbocycles. The molecule has 0 unspecified atom stereocenters. The first-order chi connectivity index (χ1) is 18.2. The summed E-state index contributed by atoms with van der Waals surface area (Å²) in [5.74, 6) is -2.16. The summed E-state index contributed by atoms with van der Waals surface area (Å²) in [6.07, 6.45) is 8.23. The number of halogens is 4. The molecule has 0 heterocycles. The lowest BCUT2D eigenvalue weighted by Gasteiger charge is -2.27. The van der Waals surface area contributed by atoms with Crippen LogP contribution in [0, 0.1) is 35.6 Å². The lowest BCUT2D eigenvalue weighted by atomic mass is 9.83. The van der Waals surface area contributed by atoms with Crippen molar-refractivity contribution in [2.75, 3.05) is 6.61 Å². The van der Waals surface area contributed by atoms with Crippen LogP contribution in [0.15, 0.2) is 71.8 Å². The summed E-state index contributed by atoms with van der Waals surface area (Å²) in [7, 11) is 0. The molecule has 4 nitrogen and oxygen atoms in total. The quantitative estimate of drug-likeness (QED) is 0.251. The molecule has 8 heteroatoms. The monoisotopic (exact) mass is 519 g/mol. The van der Waals surface area contributed by atoms with E-state index in [4.69, 9.17) is 11.2 Å². The molecule has 1 saturated carbocycles. The van der Waals surface area contributed by atoms with Gasteiger partial charge in [-0.1, -0.05) is 18.1 Å². The van der Waals surface area contributed by atoms with Crippen LogP contribution in [0.1, 0.15) is 34.3 Å². The second kappa shape index (κ2) is 11.6. The molecular formula is C30H21F4NO3. The number of rotatable bonds is 6. The van der Waals surface area contributed by atoms with Crippen LogP contribution >= 0.6 is 0 Å². The topological polar surface area (TPSA) is 55.4 Å². The molecule has 1 aliphatic carbocycles. The Hall–Kier alpha value is -4.64. The van der Waals surface area contributed by atoms with Crippen LogP contribution in [0.25, 0.3) is 12.2 Å². The van der Waals surface area contributed by atoms with E-state index in [1.165, 1.54) is 24.3 Å². The van der Waals surface area contributed by atoms with Crippen molar-refractivity contribution in [3.8, 4) is 18.1 Å². The van der Waals surface area contributed by atoms with Gasteiger partial charge in [-0.05, 0) is 84.7 Å². The Kier molecular flexibility index (Phi) is 8.07. The van der Waals surface area contributed by atoms with Gasteiger partial charge in [-0.25, -0.2) is 17.6 Å². The molecule has 38 heavy (non-hydrogen) atoms. The second-order valence-electron chi connectivity index (χ2n) is 8.61. The molecule has 3 aromatic rings. The van der Waals surface area contributed by atoms with Crippen molar-refractivity contribution in [2.24, 2.45) is 0 Å². The summed E-state index contributed by atoms with van der Waals surface area (Å²) >= 11 is 0. The molecule has 1 N–H and O–H groups in total. The first kappa shape index (κ1) is 26.4. The number of hydrogen-bond donors (Lipinski definition) is 1. The zero-order valence-corrected chi connectivity index (χ0v) is 19.9. The number of nitrogens with one attached hydrogen (secondary N) is 1. The Labute approximate surface area is 216 Å². The van der Waals surface area contributed by atoms with Crippen LogP contribution in [-0.2, 0) is 4.79 Å². The van der Waals surface area contributed by atoms with Crippen LogP contribution in [-0.4, -0.2) is 24.3 Å². The second-order valence-corrected chi connectivity index (χ2v) is 8.61. The minimum Gasteiger partial charge on any atom is -0.481 e. The van der Waals surface area contributed by atoms with Gasteiger partial charge in [-0.2, -0.15) is 0 Å². The predicted octanol–water partition coefficient (Wildman–Crippen LogP) is 5.88. The average Bonchev–Trinajstić information content (AvgIpc) is 2.90. The highest BCUT2D eigenvalue weighted by Gasteiger charge is 2.29. The Morgan fingerprint density at radius 2 is 1.39 bits per heavy atom. The first-order valence-corrected chi connectivity index (χ1v) is 11.6. The van der Waals surface area contributed by atoms with Gasteiger partial charge >= 0.3 is 0 Å². The highest BCUT2D eigenvalue weighted by molar-refractivity contribution is 6.14. The van der Waals surface area contributed by atoms with E-state index in [0.29, 0.717) is 11.3 Å². The van der Waals surface area contributed by atoms with Crippen LogP contribution in [0.2, 0.25) is 0 Å². The molecule has 0 aromatic heterocycles. The van der Waals surface area contributed by atoms with Gasteiger partial charge in [-0.3, -0.25) is 9.59 Å². The molecule has 0 radical (unpaired) electrons. The van der Waals surface area contributed by atoms with Gasteiger partial charge in [0.1, 0.15) is 12.4 Å². The van der Waals surface area contributed by atoms with Crippen molar-refractivity contribution in [2.45, 2.75) is 18.9 Å². The van der Waals surface area contributed by atoms with Gasteiger partial charge in [0.2, 0.25) is 0 Å². The Morgan fingerprint density at radius 3 is 1.87 bits per heavy atom. The number of ether oxygens (including phenoxy) is 1. The number of carbonyl (C=O) groups is 2. The normalized spacial score (nSPS) is 17.3. The summed E-state index contributed by atoms with van der Waals surface area (Å²) in [5.41, 5.74) is 1.33. The van der Waals surface area contributed by atoms with Gasteiger partial charge in [0.05, 0.1) is 0 Å². The van der Waals surface area contributed by atoms with E-state index in [-0.39, 0.29) is 41.7 Å². The molecule has 0 aliphatic heterocycles. The molecule has 192 valence electrons. The summed E-state index contributed by atoms with van der Waals surface area (Å²) in [6, 6.07) is 12.2. The molecule has 0 saturated heterocycles. The smallest absolute Gasteiger partial charge is 0.251 e. The van der Waals surface area contributed by atoms with Crippen molar-refractivity contribution >= 4 is 23.8 Å². The van der Waals surface area contributed by atoms with E-state index >= 15 is 0 Å². The van der Waals surface area contributed by atoms with E-state index < -0.39 is 41.0 Å². The van der Waals surface area contributed by atoms with Crippen LogP contribution in [0.5, 0.6) is 5.75 Å². The van der Waals surface area contributed by atoms with Crippen molar-refractivity contribution < 1.29 is 31.9 Å². The molecule has 4 rings (SSSR count). The van der Waals surface area contributed by atoms with Gasteiger partial charge in [-0.15, -0.1) is 6.42 Å². The average molecular weight is 519 g/mol. The first-order valence-electron chi connectivity index (χ1n) is 11.6. The highest BCUT2D eigenvalue weighted by Crippen LogP contribution is 2.29. The van der Waals surface area contributed by atoms with Crippen molar-refractivity contribution in [3.63, 3.8) is 0 Å². The lowest BCUT2D eigenvalue weighted by molar-refractivity contribution is -0.113. The Bertz CT molecular complexity index is 1410. The van der Waals surface area contributed by atoms with Crippen LogP contribution < -0.4 is 10.1 Å². The van der Waals surface area contributed by atoms with Gasteiger partial charge < -0.3 is 10.1 Å². The molecule has 0 bridgehead atoms. The van der Waals surface area contributed by atoms with E-state index in [0.717, 1.165) is 24.3 Å². The molecule has 0 atom stereocenters. The zero-order chi connectivity index (χ0) is 27.2. The maximum atomic E-state index is 13.8. The molecular weight excluding hydrogens is 498 g/mol. The summed E-state index contributed by atoms with van der Waals surface area (Å²) < 4.78 is 59.6. The fraction of sp³-hybridized carbons (Fsp3) is 0.133. The minimum atomic E-state index is -1.07. The summed E-state index contributed by atoms with van der Waals surface area (Å²) in [5, 5.41) is 2.88. The fourth-order valence-corrected chi connectivity index (χ4v) is 4.05. The summed E-state index contributed by atoms with van der Waals surface area (Å²) in [6.45, 7) is 0.0851. The third kappa shape index (κ3) is 6.37. The third-order valence-corrected chi connectivity index (χ3v) is 5.86. The van der Waals surface area contributed by atoms with Crippen molar-refractivity contribution in [1.29, 1.82) is 0 Å². The number of amides is 1. The molecule has 0 spiro atoms. The number of benzene rings is 3. The number of ketones is 1. The molecule has 1 aliphatic rings. The SMILES string of the molecule is C#CCOc1ccc(C(=O)NC2C/C(=C\c3ccc(F)c(F)c3)C(=O)/C(=C/c3ccc(F)c(F)c3)C2)cc1. The highest BCUT2D eigenvalue weighted by atomic mass is 19.2. The van der Waals surface area contributed by atoms with E-state index in [1.807, 2.05) is 0 Å². The minimum absolute atomic E-state index is 0.0851. The summed E-state index contributed by atoms with van der Waals surface area (Å²) in [4.78, 5) is 26.2. The zero-order valence-electron chi connectivity index (χ0n) is 19.9. The van der Waals surface area contributed by atoms with Gasteiger partial charge in [0.25, 0.3) is 5.91 Å². The van der Waals surface area contributed by atoms with Crippen molar-refractivity contribution in [3.05, 3.63) is 112 Å². The van der Waals surface area contributed by atoms with Gasteiger partial charge in [0, 0.05) is 22.8 Å². The lowest BCUT2D eigenvalue weighted by Crippen LogP contribution is -2.39. The van der Waals surface area contributed by atoms with E-state index in [9.17, 15) is 27.2 Å². The standard InChI is InChI=1S/C30H21F4NO3/c1-2-11-38-24-7-5-20(6-8-24)30(37)35-23-16-21(12-18-3-9-25(31)27(33)14-18)29(36)22(17-23)13-19-4-10-26(32)28(34)15-19/h1,3-10,12-15,23H,11,16-17H2,(H,35,37)/b21-12+,22-13+. The predicted molar refractivity (Wildman–Crippen MR) is 135 cm³/mol. The number of hydrogen-bond acceptors (Lipinski definition) is 3. The fourth-order valence-electron chi connectivity index (χ4n) is 4.05. The number of terminal acetylenes is 1. The Balaban J connectivity index is 1.62. The number of carbonyl (C=O) groups excluding carboxylic acids is 2. The molecule has 1 amide bonds. The van der Waals surface area contributed by atoms with Crippen LogP contribution in [0.4, 0.5) is 17.6 Å². The van der Waals surface area contributed by atoms with E-state index in [2.05, 4.69) is 11.2 Å². The Morgan fingerprint density at radius 1 is 0.868 bits per heavy atom. The third-order valence-electron chi connectivity index (χ3n) is 5.86. The van der Waals surface area contributed by atoms with Crippen LogP contribution in [0.3, 0.4) is 0 Å². The largest absolute Gasteiger partial charge is 0.481 e. The van der Waals surface area contributed by atoms with E-state index in [1.54, 1.807) is 24.3 Å². The maximum absolute atomic E-state index is 13.8.